The summed E-state index contributed by atoms with van der Waals surface area (Å²) in [6.45, 7) is 0. The summed E-state index contributed by atoms with van der Waals surface area (Å²) in [6, 6.07) is 3.09. The van der Waals surface area contributed by atoms with Gasteiger partial charge in [0.1, 0.15) is 0 Å². The molecule has 74 valence electrons. The highest BCUT2D eigenvalue weighted by atomic mass is 79.9. The summed E-state index contributed by atoms with van der Waals surface area (Å²) < 4.78 is 26.4. The molecular weight excluding hydrogens is 294 g/mol. The number of benzene rings is 1. The van der Waals surface area contributed by atoms with Gasteiger partial charge in [0.05, 0.1) is 9.72 Å². The fourth-order valence-corrected chi connectivity index (χ4v) is 3.16. The topological polar surface area (TPSA) is 0 Å². The van der Waals surface area contributed by atoms with Gasteiger partial charge in [0, 0.05) is 15.4 Å². The molecule has 0 amide bonds. The lowest BCUT2D eigenvalue weighted by Gasteiger charge is -2.05. The molecule has 0 saturated heterocycles. The van der Waals surface area contributed by atoms with Gasteiger partial charge < -0.3 is 0 Å². The summed E-state index contributed by atoms with van der Waals surface area (Å²) in [5.74, 6) is 0. The number of alkyl halides is 2. The zero-order chi connectivity index (χ0) is 10.3. The third-order valence-electron chi connectivity index (χ3n) is 1.89. The number of rotatable bonds is 1. The van der Waals surface area contributed by atoms with Gasteiger partial charge in [0.2, 0.25) is 0 Å². The largest absolute Gasteiger partial charge is 0.265 e. The van der Waals surface area contributed by atoms with Crippen molar-refractivity contribution in [1.29, 1.82) is 0 Å². The highest BCUT2D eigenvalue weighted by Crippen LogP contribution is 2.40. The lowest BCUT2D eigenvalue weighted by Crippen LogP contribution is -1.86. The fourth-order valence-electron chi connectivity index (χ4n) is 1.25. The van der Waals surface area contributed by atoms with Gasteiger partial charge in [-0.2, -0.15) is 0 Å². The van der Waals surface area contributed by atoms with E-state index in [1.54, 1.807) is 6.07 Å². The molecule has 0 unspecified atom stereocenters. The van der Waals surface area contributed by atoms with Crippen molar-refractivity contribution in [3.05, 3.63) is 32.6 Å². The van der Waals surface area contributed by atoms with Crippen molar-refractivity contribution in [3.63, 3.8) is 0 Å². The third-order valence-corrected chi connectivity index (χ3v) is 4.13. The van der Waals surface area contributed by atoms with Crippen molar-refractivity contribution >= 4 is 49.0 Å². The van der Waals surface area contributed by atoms with Crippen molar-refractivity contribution in [1.82, 2.24) is 0 Å². The summed E-state index contributed by atoms with van der Waals surface area (Å²) in [5.41, 5.74) is -0.0547. The van der Waals surface area contributed by atoms with Crippen LogP contribution in [0.2, 0.25) is 5.02 Å². The Labute approximate surface area is 96.6 Å². The molecule has 0 atom stereocenters. The maximum atomic E-state index is 12.6. The Morgan fingerprint density at radius 2 is 2.14 bits per heavy atom. The van der Waals surface area contributed by atoms with Crippen LogP contribution in [0.3, 0.4) is 0 Å². The maximum absolute atomic E-state index is 12.6. The van der Waals surface area contributed by atoms with Crippen molar-refractivity contribution in [2.24, 2.45) is 0 Å². The van der Waals surface area contributed by atoms with Crippen LogP contribution >= 0.6 is 38.9 Å². The van der Waals surface area contributed by atoms with E-state index in [4.69, 9.17) is 11.6 Å². The van der Waals surface area contributed by atoms with E-state index in [1.807, 2.05) is 5.38 Å². The van der Waals surface area contributed by atoms with Gasteiger partial charge in [0.15, 0.2) is 0 Å². The van der Waals surface area contributed by atoms with E-state index in [-0.39, 0.29) is 5.56 Å². The second kappa shape index (κ2) is 3.76. The molecule has 0 saturated carbocycles. The molecule has 0 nitrogen and oxygen atoms in total. The van der Waals surface area contributed by atoms with Gasteiger partial charge in [-0.05, 0) is 33.4 Å². The van der Waals surface area contributed by atoms with Crippen LogP contribution in [0.15, 0.2) is 22.0 Å². The van der Waals surface area contributed by atoms with E-state index in [0.717, 1.165) is 10.1 Å². The van der Waals surface area contributed by atoms with Gasteiger partial charge in [-0.25, -0.2) is 8.78 Å². The fraction of sp³-hybridized carbons (Fsp3) is 0.111. The van der Waals surface area contributed by atoms with Crippen LogP contribution in [0, 0.1) is 0 Å². The van der Waals surface area contributed by atoms with Crippen molar-refractivity contribution in [3.8, 4) is 0 Å². The van der Waals surface area contributed by atoms with Crippen LogP contribution in [0.5, 0.6) is 0 Å². The maximum Gasteiger partial charge on any atom is 0.265 e. The van der Waals surface area contributed by atoms with E-state index in [2.05, 4.69) is 15.9 Å². The Morgan fingerprint density at radius 3 is 2.79 bits per heavy atom. The molecule has 0 aliphatic rings. The van der Waals surface area contributed by atoms with E-state index < -0.39 is 6.43 Å². The molecule has 1 aromatic heterocycles. The highest BCUT2D eigenvalue weighted by molar-refractivity contribution is 9.10. The van der Waals surface area contributed by atoms with Gasteiger partial charge in [-0.1, -0.05) is 11.6 Å². The summed E-state index contributed by atoms with van der Waals surface area (Å²) in [6.07, 6.45) is -2.51. The Balaban J connectivity index is 2.82. The summed E-state index contributed by atoms with van der Waals surface area (Å²) in [7, 11) is 0. The molecule has 0 bridgehead atoms. The van der Waals surface area contributed by atoms with E-state index in [1.165, 1.54) is 17.4 Å². The predicted octanol–water partition coefficient (Wildman–Crippen LogP) is 5.25. The first-order chi connectivity index (χ1) is 6.61. The van der Waals surface area contributed by atoms with E-state index in [0.29, 0.717) is 9.50 Å². The molecule has 0 radical (unpaired) electrons. The number of halogens is 4. The molecular formula is C9H4BrClF2S. The number of thiophene rings is 1. The smallest absolute Gasteiger partial charge is 0.205 e. The SMILES string of the molecule is FC(F)c1cc(Cl)c2sccc2c1Br. The molecule has 2 rings (SSSR count). The number of fused-ring (bicyclic) bond motifs is 1. The Bertz CT molecular complexity index is 481. The van der Waals surface area contributed by atoms with Gasteiger partial charge >= 0.3 is 0 Å². The van der Waals surface area contributed by atoms with Crippen molar-refractivity contribution in [2.75, 3.05) is 0 Å². The standard InChI is InChI=1S/C9H4BrClF2S/c10-7-4-1-2-14-8(4)6(11)3-5(7)9(12)13/h1-3,9H. The van der Waals surface area contributed by atoms with Crippen LogP contribution in [0.4, 0.5) is 8.78 Å². The summed E-state index contributed by atoms with van der Waals surface area (Å²) in [4.78, 5) is 0. The zero-order valence-electron chi connectivity index (χ0n) is 6.73. The highest BCUT2D eigenvalue weighted by Gasteiger charge is 2.16. The Hall–Kier alpha value is -0.190. The van der Waals surface area contributed by atoms with Crippen LogP contribution in [-0.2, 0) is 0 Å². The van der Waals surface area contributed by atoms with E-state index in [9.17, 15) is 8.78 Å². The lowest BCUT2D eigenvalue weighted by molar-refractivity contribution is 0.151. The molecule has 0 spiro atoms. The molecule has 0 aliphatic carbocycles. The van der Waals surface area contributed by atoms with Gasteiger partial charge in [-0.3, -0.25) is 0 Å². The average molecular weight is 298 g/mol. The Kier molecular flexibility index (Phi) is 2.77. The molecule has 1 heterocycles. The quantitative estimate of drug-likeness (QED) is 0.674. The molecule has 0 fully saturated rings. The third kappa shape index (κ3) is 1.55. The molecule has 0 aliphatic heterocycles. The van der Waals surface area contributed by atoms with Crippen molar-refractivity contribution < 1.29 is 8.78 Å². The molecule has 1 aromatic carbocycles. The van der Waals surface area contributed by atoms with Gasteiger partial charge in [0.25, 0.3) is 6.43 Å². The lowest BCUT2D eigenvalue weighted by atomic mass is 10.2. The van der Waals surface area contributed by atoms with Crippen LogP contribution in [-0.4, -0.2) is 0 Å². The minimum atomic E-state index is -2.51. The first kappa shape index (κ1) is 10.3. The first-order valence-corrected chi connectivity index (χ1v) is 5.79. The number of hydrogen-bond donors (Lipinski definition) is 0. The van der Waals surface area contributed by atoms with Gasteiger partial charge in [-0.15, -0.1) is 11.3 Å². The van der Waals surface area contributed by atoms with E-state index >= 15 is 0 Å². The Morgan fingerprint density at radius 1 is 1.43 bits per heavy atom. The monoisotopic (exact) mass is 296 g/mol. The number of hydrogen-bond acceptors (Lipinski definition) is 1. The second-order valence-corrected chi connectivity index (χ2v) is 4.84. The average Bonchev–Trinajstić information content (AvgIpc) is 2.59. The zero-order valence-corrected chi connectivity index (χ0v) is 9.89. The van der Waals surface area contributed by atoms with Crippen LogP contribution < -0.4 is 0 Å². The van der Waals surface area contributed by atoms with Crippen molar-refractivity contribution in [2.45, 2.75) is 6.43 Å². The molecule has 5 heteroatoms. The molecule has 14 heavy (non-hydrogen) atoms. The predicted molar refractivity (Wildman–Crippen MR) is 59.5 cm³/mol. The summed E-state index contributed by atoms with van der Waals surface area (Å²) >= 11 is 10.5. The first-order valence-electron chi connectivity index (χ1n) is 3.74. The van der Waals surface area contributed by atoms with Crippen LogP contribution in [0.1, 0.15) is 12.0 Å². The van der Waals surface area contributed by atoms with Crippen LogP contribution in [0.25, 0.3) is 10.1 Å². The molecule has 0 N–H and O–H groups in total. The second-order valence-electron chi connectivity index (χ2n) is 2.73. The minimum Gasteiger partial charge on any atom is -0.205 e. The summed E-state index contributed by atoms with van der Waals surface area (Å²) in [5, 5.41) is 2.96. The minimum absolute atomic E-state index is 0.0547. The normalized spacial score (nSPS) is 11.5. The molecule has 2 aromatic rings.